The highest BCUT2D eigenvalue weighted by molar-refractivity contribution is 5.76. The molecule has 0 bridgehead atoms. The Kier molecular flexibility index (Phi) is 7.16. The number of carbonyl (C=O) groups is 1. The SMILES string of the molecule is COc1ccc(OC)c(CCC(=O)NCCN2CCOCC2)c1. The van der Waals surface area contributed by atoms with Crippen molar-refractivity contribution in [1.29, 1.82) is 0 Å². The number of morpholine rings is 1. The Bertz CT molecular complexity index is 501. The number of aryl methyl sites for hydroxylation is 1. The van der Waals surface area contributed by atoms with E-state index < -0.39 is 0 Å². The zero-order valence-corrected chi connectivity index (χ0v) is 14.0. The van der Waals surface area contributed by atoms with Crippen LogP contribution in [-0.4, -0.2) is 64.4 Å². The number of carbonyl (C=O) groups excluding carboxylic acids is 1. The molecule has 1 aromatic carbocycles. The van der Waals surface area contributed by atoms with Gasteiger partial charge in [-0.2, -0.15) is 0 Å². The van der Waals surface area contributed by atoms with Crippen LogP contribution >= 0.6 is 0 Å². The molecule has 0 aromatic heterocycles. The van der Waals surface area contributed by atoms with Crippen LogP contribution < -0.4 is 14.8 Å². The van der Waals surface area contributed by atoms with E-state index in [1.54, 1.807) is 14.2 Å². The lowest BCUT2D eigenvalue weighted by Crippen LogP contribution is -2.41. The molecule has 6 nitrogen and oxygen atoms in total. The maximum atomic E-state index is 12.0. The van der Waals surface area contributed by atoms with Crippen molar-refractivity contribution < 1.29 is 19.0 Å². The minimum Gasteiger partial charge on any atom is -0.497 e. The highest BCUT2D eigenvalue weighted by atomic mass is 16.5. The number of ether oxygens (including phenoxy) is 3. The Labute approximate surface area is 137 Å². The van der Waals surface area contributed by atoms with Crippen LogP contribution in [0.25, 0.3) is 0 Å². The monoisotopic (exact) mass is 322 g/mol. The van der Waals surface area contributed by atoms with Gasteiger partial charge in [0.1, 0.15) is 11.5 Å². The first-order chi connectivity index (χ1) is 11.2. The van der Waals surface area contributed by atoms with Crippen LogP contribution in [0.5, 0.6) is 11.5 Å². The molecule has 1 heterocycles. The second-order valence-corrected chi connectivity index (χ2v) is 5.48. The van der Waals surface area contributed by atoms with Gasteiger partial charge in [0.25, 0.3) is 0 Å². The van der Waals surface area contributed by atoms with Crippen LogP contribution in [0.3, 0.4) is 0 Å². The van der Waals surface area contributed by atoms with Gasteiger partial charge in [0.05, 0.1) is 27.4 Å². The lowest BCUT2D eigenvalue weighted by Gasteiger charge is -2.26. The van der Waals surface area contributed by atoms with Crippen molar-refractivity contribution in [1.82, 2.24) is 10.2 Å². The van der Waals surface area contributed by atoms with Crippen LogP contribution in [0.1, 0.15) is 12.0 Å². The highest BCUT2D eigenvalue weighted by Gasteiger charge is 2.11. The first kappa shape index (κ1) is 17.6. The summed E-state index contributed by atoms with van der Waals surface area (Å²) in [6, 6.07) is 5.63. The number of nitrogens with one attached hydrogen (secondary N) is 1. The minimum atomic E-state index is 0.0585. The third kappa shape index (κ3) is 5.73. The lowest BCUT2D eigenvalue weighted by molar-refractivity contribution is -0.121. The normalized spacial score (nSPS) is 15.2. The van der Waals surface area contributed by atoms with Crippen molar-refractivity contribution in [2.24, 2.45) is 0 Å². The zero-order chi connectivity index (χ0) is 16.5. The molecule has 1 N–H and O–H groups in total. The molecule has 0 unspecified atom stereocenters. The summed E-state index contributed by atoms with van der Waals surface area (Å²) in [5.74, 6) is 1.61. The van der Waals surface area contributed by atoms with Crippen molar-refractivity contribution in [2.45, 2.75) is 12.8 Å². The van der Waals surface area contributed by atoms with Crippen LogP contribution in [-0.2, 0) is 16.0 Å². The first-order valence-corrected chi connectivity index (χ1v) is 8.00. The summed E-state index contributed by atoms with van der Waals surface area (Å²) in [5, 5.41) is 2.97. The lowest BCUT2D eigenvalue weighted by atomic mass is 10.1. The fourth-order valence-electron chi connectivity index (χ4n) is 2.59. The molecule has 1 aliphatic heterocycles. The molecule has 0 radical (unpaired) electrons. The molecule has 0 spiro atoms. The molecule has 1 aromatic rings. The van der Waals surface area contributed by atoms with Crippen molar-refractivity contribution in [2.75, 3.05) is 53.6 Å². The van der Waals surface area contributed by atoms with E-state index in [-0.39, 0.29) is 5.91 Å². The number of rotatable bonds is 8. The summed E-state index contributed by atoms with van der Waals surface area (Å²) >= 11 is 0. The van der Waals surface area contributed by atoms with Crippen molar-refractivity contribution in [3.63, 3.8) is 0 Å². The first-order valence-electron chi connectivity index (χ1n) is 8.00. The van der Waals surface area contributed by atoms with E-state index in [0.29, 0.717) is 19.4 Å². The molecule has 2 rings (SSSR count). The molecule has 1 amide bonds. The average molecular weight is 322 g/mol. The maximum Gasteiger partial charge on any atom is 0.220 e. The predicted molar refractivity (Wildman–Crippen MR) is 88.1 cm³/mol. The highest BCUT2D eigenvalue weighted by Crippen LogP contribution is 2.24. The van der Waals surface area contributed by atoms with Crippen LogP contribution in [0.2, 0.25) is 0 Å². The molecule has 0 saturated carbocycles. The quantitative estimate of drug-likeness (QED) is 0.776. The molecule has 6 heteroatoms. The number of methoxy groups -OCH3 is 2. The van der Waals surface area contributed by atoms with Crippen molar-refractivity contribution in [3.05, 3.63) is 23.8 Å². The second kappa shape index (κ2) is 9.37. The van der Waals surface area contributed by atoms with Gasteiger partial charge in [-0.05, 0) is 30.2 Å². The fraction of sp³-hybridized carbons (Fsp3) is 0.588. The Hall–Kier alpha value is -1.79. The second-order valence-electron chi connectivity index (χ2n) is 5.48. The summed E-state index contributed by atoms with van der Waals surface area (Å²) in [7, 11) is 3.26. The molecular weight excluding hydrogens is 296 g/mol. The molecule has 0 atom stereocenters. The van der Waals surface area contributed by atoms with Crippen LogP contribution in [0.4, 0.5) is 0 Å². The molecule has 1 aliphatic rings. The number of amides is 1. The van der Waals surface area contributed by atoms with E-state index in [9.17, 15) is 4.79 Å². The van der Waals surface area contributed by atoms with E-state index in [0.717, 1.165) is 49.9 Å². The van der Waals surface area contributed by atoms with E-state index in [1.165, 1.54) is 0 Å². The fourth-order valence-corrected chi connectivity index (χ4v) is 2.59. The van der Waals surface area contributed by atoms with Gasteiger partial charge >= 0.3 is 0 Å². The largest absolute Gasteiger partial charge is 0.497 e. The standard InChI is InChI=1S/C17H26N2O4/c1-21-15-4-5-16(22-2)14(13-15)3-6-17(20)18-7-8-19-9-11-23-12-10-19/h4-5,13H,3,6-12H2,1-2H3,(H,18,20). The smallest absolute Gasteiger partial charge is 0.220 e. The summed E-state index contributed by atoms with van der Waals surface area (Å²) < 4.78 is 15.9. The van der Waals surface area contributed by atoms with Gasteiger partial charge in [0, 0.05) is 32.6 Å². The number of nitrogens with zero attached hydrogens (tertiary/aromatic N) is 1. The number of hydrogen-bond acceptors (Lipinski definition) is 5. The van der Waals surface area contributed by atoms with E-state index >= 15 is 0 Å². The van der Waals surface area contributed by atoms with Crippen molar-refractivity contribution >= 4 is 5.91 Å². The van der Waals surface area contributed by atoms with Crippen LogP contribution in [0.15, 0.2) is 18.2 Å². The summed E-state index contributed by atoms with van der Waals surface area (Å²) in [6.45, 7) is 4.99. The Balaban J connectivity index is 1.73. The molecule has 128 valence electrons. The predicted octanol–water partition coefficient (Wildman–Crippen LogP) is 1.08. The number of benzene rings is 1. The van der Waals surface area contributed by atoms with Gasteiger partial charge in [-0.1, -0.05) is 0 Å². The van der Waals surface area contributed by atoms with E-state index in [1.807, 2.05) is 18.2 Å². The van der Waals surface area contributed by atoms with Gasteiger partial charge in [0.2, 0.25) is 5.91 Å². The third-order valence-corrected chi connectivity index (χ3v) is 3.96. The van der Waals surface area contributed by atoms with Gasteiger partial charge in [0.15, 0.2) is 0 Å². The average Bonchev–Trinajstić information content (AvgIpc) is 2.60. The van der Waals surface area contributed by atoms with Gasteiger partial charge in [-0.15, -0.1) is 0 Å². The van der Waals surface area contributed by atoms with E-state index in [4.69, 9.17) is 14.2 Å². The van der Waals surface area contributed by atoms with Gasteiger partial charge < -0.3 is 19.5 Å². The summed E-state index contributed by atoms with van der Waals surface area (Å²) in [5.41, 5.74) is 0.982. The summed E-state index contributed by atoms with van der Waals surface area (Å²) in [4.78, 5) is 14.3. The summed E-state index contributed by atoms with van der Waals surface area (Å²) in [6.07, 6.45) is 1.07. The molecule has 0 aliphatic carbocycles. The van der Waals surface area contributed by atoms with Gasteiger partial charge in [-0.3, -0.25) is 9.69 Å². The molecular formula is C17H26N2O4. The van der Waals surface area contributed by atoms with E-state index in [2.05, 4.69) is 10.2 Å². The molecule has 1 saturated heterocycles. The topological polar surface area (TPSA) is 60.0 Å². The molecule has 23 heavy (non-hydrogen) atoms. The third-order valence-electron chi connectivity index (χ3n) is 3.96. The van der Waals surface area contributed by atoms with Crippen molar-refractivity contribution in [3.8, 4) is 11.5 Å². The Morgan fingerprint density at radius 2 is 2.04 bits per heavy atom. The number of hydrogen-bond donors (Lipinski definition) is 1. The Morgan fingerprint density at radius 1 is 1.26 bits per heavy atom. The van der Waals surface area contributed by atoms with Gasteiger partial charge in [-0.25, -0.2) is 0 Å². The Morgan fingerprint density at radius 3 is 2.74 bits per heavy atom. The molecule has 1 fully saturated rings. The zero-order valence-electron chi connectivity index (χ0n) is 14.0. The maximum absolute atomic E-state index is 12.0. The van der Waals surface area contributed by atoms with Crippen LogP contribution in [0, 0.1) is 0 Å². The minimum absolute atomic E-state index is 0.0585.